The van der Waals surface area contributed by atoms with E-state index in [1.165, 1.54) is 35.1 Å². The van der Waals surface area contributed by atoms with E-state index in [0.717, 1.165) is 19.8 Å². The number of nitrogens with two attached hydrogens (primary N) is 1. The maximum Gasteiger partial charge on any atom is 0.0506 e. The van der Waals surface area contributed by atoms with Gasteiger partial charge in [-0.2, -0.15) is 0 Å². The fraction of sp³-hybridized carbons (Fsp3) is 0.667. The van der Waals surface area contributed by atoms with Crippen molar-refractivity contribution in [2.75, 3.05) is 33.4 Å². The first kappa shape index (κ1) is 16.5. The summed E-state index contributed by atoms with van der Waals surface area (Å²) in [5.41, 5.74) is 11.5. The third-order valence-corrected chi connectivity index (χ3v) is 4.80. The van der Waals surface area contributed by atoms with Gasteiger partial charge >= 0.3 is 0 Å². The molecule has 2 unspecified atom stereocenters. The highest BCUT2D eigenvalue weighted by atomic mass is 16.5. The number of hydrogen-bond donors (Lipinski definition) is 1. The zero-order chi connectivity index (χ0) is 15.4. The van der Waals surface area contributed by atoms with E-state index in [-0.39, 0.29) is 0 Å². The van der Waals surface area contributed by atoms with Gasteiger partial charge in [-0.25, -0.2) is 0 Å². The van der Waals surface area contributed by atoms with Crippen molar-refractivity contribution in [1.29, 1.82) is 0 Å². The van der Waals surface area contributed by atoms with Crippen molar-refractivity contribution < 1.29 is 4.74 Å². The molecule has 3 heteroatoms. The van der Waals surface area contributed by atoms with Crippen molar-refractivity contribution in [3.05, 3.63) is 34.4 Å². The zero-order valence-electron chi connectivity index (χ0n) is 14.0. The Morgan fingerprint density at radius 2 is 1.95 bits per heavy atom. The van der Waals surface area contributed by atoms with Gasteiger partial charge in [0.05, 0.1) is 6.61 Å². The molecule has 1 heterocycles. The summed E-state index contributed by atoms with van der Waals surface area (Å²) in [6, 6.07) is 4.90. The molecule has 0 aliphatic carbocycles. The molecule has 0 radical (unpaired) electrons. The van der Waals surface area contributed by atoms with Crippen LogP contribution < -0.4 is 5.73 Å². The standard InChI is InChI=1S/C18H30N2O/c1-13-8-15(3)17(9-14(13)2)18(10-19)20(4)11-16-6-5-7-21-12-16/h8-9,16,18H,5-7,10-12,19H2,1-4H3. The number of hydrogen-bond acceptors (Lipinski definition) is 3. The Morgan fingerprint density at radius 1 is 1.24 bits per heavy atom. The number of ether oxygens (including phenoxy) is 1. The largest absolute Gasteiger partial charge is 0.381 e. The number of nitrogens with zero attached hydrogens (tertiary/aromatic N) is 1. The fourth-order valence-corrected chi connectivity index (χ4v) is 3.37. The van der Waals surface area contributed by atoms with Gasteiger partial charge in [0.2, 0.25) is 0 Å². The second kappa shape index (κ2) is 7.39. The summed E-state index contributed by atoms with van der Waals surface area (Å²) in [6.45, 7) is 10.1. The molecule has 1 aromatic rings. The SMILES string of the molecule is Cc1cc(C)c(C(CN)N(C)CC2CCCOC2)cc1C. The minimum atomic E-state index is 0.297. The maximum absolute atomic E-state index is 6.09. The summed E-state index contributed by atoms with van der Waals surface area (Å²) in [7, 11) is 2.20. The van der Waals surface area contributed by atoms with Crippen molar-refractivity contribution >= 4 is 0 Å². The molecule has 2 atom stereocenters. The third kappa shape index (κ3) is 4.06. The van der Waals surface area contributed by atoms with Gasteiger partial charge in [0.1, 0.15) is 0 Å². The highest BCUT2D eigenvalue weighted by Crippen LogP contribution is 2.26. The minimum absolute atomic E-state index is 0.297. The predicted molar refractivity (Wildman–Crippen MR) is 88.6 cm³/mol. The lowest BCUT2D eigenvalue weighted by Crippen LogP contribution is -2.37. The van der Waals surface area contributed by atoms with Crippen LogP contribution in [0.25, 0.3) is 0 Å². The molecule has 1 fully saturated rings. The highest BCUT2D eigenvalue weighted by Gasteiger charge is 2.22. The lowest BCUT2D eigenvalue weighted by atomic mass is 9.94. The Labute approximate surface area is 129 Å². The Hall–Kier alpha value is -0.900. The van der Waals surface area contributed by atoms with Gasteiger partial charge in [0.25, 0.3) is 0 Å². The first-order chi connectivity index (χ1) is 10.0. The molecule has 0 aromatic heterocycles. The van der Waals surface area contributed by atoms with Crippen LogP contribution in [0.4, 0.5) is 0 Å². The molecule has 1 aliphatic rings. The number of rotatable bonds is 5. The molecule has 21 heavy (non-hydrogen) atoms. The van der Waals surface area contributed by atoms with E-state index in [1.54, 1.807) is 0 Å². The Kier molecular flexibility index (Phi) is 5.80. The lowest BCUT2D eigenvalue weighted by Gasteiger charge is -2.33. The fourth-order valence-electron chi connectivity index (χ4n) is 3.37. The molecule has 0 amide bonds. The van der Waals surface area contributed by atoms with E-state index in [0.29, 0.717) is 18.5 Å². The summed E-state index contributed by atoms with van der Waals surface area (Å²) in [5.74, 6) is 0.643. The second-order valence-electron chi connectivity index (χ2n) is 6.57. The van der Waals surface area contributed by atoms with Gasteiger partial charge in [0.15, 0.2) is 0 Å². The first-order valence-electron chi connectivity index (χ1n) is 8.08. The monoisotopic (exact) mass is 290 g/mol. The summed E-state index contributed by atoms with van der Waals surface area (Å²) in [4.78, 5) is 2.41. The van der Waals surface area contributed by atoms with Crippen molar-refractivity contribution in [3.8, 4) is 0 Å². The van der Waals surface area contributed by atoms with Gasteiger partial charge in [-0.3, -0.25) is 4.90 Å². The Bertz CT molecular complexity index is 467. The molecule has 0 spiro atoms. The Balaban J connectivity index is 2.12. The predicted octanol–water partition coefficient (Wildman–Crippen LogP) is 2.97. The van der Waals surface area contributed by atoms with E-state index in [9.17, 15) is 0 Å². The molecule has 118 valence electrons. The van der Waals surface area contributed by atoms with Gasteiger partial charge < -0.3 is 10.5 Å². The molecule has 3 nitrogen and oxygen atoms in total. The highest BCUT2D eigenvalue weighted by molar-refractivity contribution is 5.38. The summed E-state index contributed by atoms with van der Waals surface area (Å²) >= 11 is 0. The molecular formula is C18H30N2O. The van der Waals surface area contributed by atoms with Gasteiger partial charge in [-0.1, -0.05) is 12.1 Å². The van der Waals surface area contributed by atoms with Crippen LogP contribution in [0.15, 0.2) is 12.1 Å². The van der Waals surface area contributed by atoms with Gasteiger partial charge in [-0.05, 0) is 68.8 Å². The quantitative estimate of drug-likeness (QED) is 0.906. The number of aryl methyl sites for hydroxylation is 3. The van der Waals surface area contributed by atoms with E-state index in [4.69, 9.17) is 10.5 Å². The van der Waals surface area contributed by atoms with Crippen molar-refractivity contribution in [2.45, 2.75) is 39.7 Å². The van der Waals surface area contributed by atoms with Crippen LogP contribution in [0.5, 0.6) is 0 Å². The summed E-state index contributed by atoms with van der Waals surface area (Å²) in [6.07, 6.45) is 2.46. The second-order valence-corrected chi connectivity index (χ2v) is 6.57. The van der Waals surface area contributed by atoms with Crippen LogP contribution in [-0.4, -0.2) is 38.3 Å². The van der Waals surface area contributed by atoms with Crippen LogP contribution in [0.1, 0.15) is 41.1 Å². The van der Waals surface area contributed by atoms with E-state index >= 15 is 0 Å². The van der Waals surface area contributed by atoms with Gasteiger partial charge in [0, 0.05) is 25.7 Å². The maximum atomic E-state index is 6.09. The van der Waals surface area contributed by atoms with Gasteiger partial charge in [-0.15, -0.1) is 0 Å². The Morgan fingerprint density at radius 3 is 2.57 bits per heavy atom. The van der Waals surface area contributed by atoms with Crippen LogP contribution in [0.2, 0.25) is 0 Å². The van der Waals surface area contributed by atoms with E-state index in [2.05, 4.69) is 44.9 Å². The molecule has 2 N–H and O–H groups in total. The average Bonchev–Trinajstić information content (AvgIpc) is 2.46. The van der Waals surface area contributed by atoms with Crippen LogP contribution in [-0.2, 0) is 4.74 Å². The molecule has 1 aliphatic heterocycles. The minimum Gasteiger partial charge on any atom is -0.381 e. The first-order valence-corrected chi connectivity index (χ1v) is 8.08. The zero-order valence-corrected chi connectivity index (χ0v) is 14.0. The molecule has 1 aromatic carbocycles. The van der Waals surface area contributed by atoms with Crippen LogP contribution in [0, 0.1) is 26.7 Å². The molecule has 0 bridgehead atoms. The van der Waals surface area contributed by atoms with Crippen LogP contribution >= 0.6 is 0 Å². The molecule has 2 rings (SSSR count). The topological polar surface area (TPSA) is 38.5 Å². The normalized spacial score (nSPS) is 20.8. The molecule has 1 saturated heterocycles. The average molecular weight is 290 g/mol. The van der Waals surface area contributed by atoms with E-state index in [1.807, 2.05) is 0 Å². The summed E-state index contributed by atoms with van der Waals surface area (Å²) in [5, 5.41) is 0. The number of likely N-dealkylation sites (N-methyl/N-ethyl adjacent to an activating group) is 1. The smallest absolute Gasteiger partial charge is 0.0506 e. The molecular weight excluding hydrogens is 260 g/mol. The van der Waals surface area contributed by atoms with Crippen molar-refractivity contribution in [2.24, 2.45) is 11.7 Å². The van der Waals surface area contributed by atoms with Crippen molar-refractivity contribution in [1.82, 2.24) is 4.90 Å². The van der Waals surface area contributed by atoms with Crippen molar-refractivity contribution in [3.63, 3.8) is 0 Å². The lowest BCUT2D eigenvalue weighted by molar-refractivity contribution is 0.0365. The van der Waals surface area contributed by atoms with E-state index < -0.39 is 0 Å². The number of benzene rings is 1. The third-order valence-electron chi connectivity index (χ3n) is 4.80. The summed E-state index contributed by atoms with van der Waals surface area (Å²) < 4.78 is 5.60. The molecule has 0 saturated carbocycles. The van der Waals surface area contributed by atoms with Crippen LogP contribution in [0.3, 0.4) is 0 Å².